The first-order valence-electron chi connectivity index (χ1n) is 13.5. The van der Waals surface area contributed by atoms with Crippen LogP contribution in [-0.2, 0) is 15.9 Å². The fourth-order valence-corrected chi connectivity index (χ4v) is 6.86. The third kappa shape index (κ3) is 5.52. The highest BCUT2D eigenvalue weighted by Gasteiger charge is 2.49. The van der Waals surface area contributed by atoms with E-state index in [1.165, 1.54) is 23.5 Å². The zero-order valence-corrected chi connectivity index (χ0v) is 23.1. The molecule has 2 fully saturated rings. The zero-order chi connectivity index (χ0) is 27.8. The fraction of sp³-hybridized carbons (Fsp3) is 0.519. The van der Waals surface area contributed by atoms with Gasteiger partial charge in [-0.15, -0.1) is 11.3 Å². The Labute approximate surface area is 234 Å². The maximum atomic E-state index is 13.4. The summed E-state index contributed by atoms with van der Waals surface area (Å²) in [6.07, 6.45) is 1.54. The van der Waals surface area contributed by atoms with Crippen molar-refractivity contribution in [2.75, 3.05) is 31.6 Å². The molecule has 1 aliphatic carbocycles. The van der Waals surface area contributed by atoms with Crippen LogP contribution < -0.4 is 10.6 Å². The molecule has 0 radical (unpaired) electrons. The number of carbonyl (C=O) groups is 2. The number of carbonyl (C=O) groups excluding carboxylic acids is 2. The number of aromatic nitrogens is 3. The Morgan fingerprint density at radius 3 is 2.67 bits per heavy atom. The summed E-state index contributed by atoms with van der Waals surface area (Å²) in [7, 11) is 0. The summed E-state index contributed by atoms with van der Waals surface area (Å²) in [5.74, 6) is 0.144. The maximum absolute atomic E-state index is 13.4. The van der Waals surface area contributed by atoms with E-state index < -0.39 is 0 Å². The second kappa shape index (κ2) is 11.1. The maximum Gasteiger partial charge on any atom is 0.410 e. The lowest BCUT2D eigenvalue weighted by molar-refractivity contribution is 0.0469. The minimum absolute atomic E-state index is 0.0431. The van der Waals surface area contributed by atoms with Crippen molar-refractivity contribution in [2.24, 2.45) is 5.92 Å². The number of urea groups is 1. The van der Waals surface area contributed by atoms with Gasteiger partial charge in [0.1, 0.15) is 5.82 Å². The summed E-state index contributed by atoms with van der Waals surface area (Å²) < 4.78 is 30.1. The molecule has 2 aromatic heterocycles. The Balaban J connectivity index is 1.26. The van der Waals surface area contributed by atoms with Crippen molar-refractivity contribution in [3.05, 3.63) is 46.5 Å². The number of hydrogen-bond donors (Lipinski definition) is 2. The van der Waals surface area contributed by atoms with Gasteiger partial charge in [-0.05, 0) is 63.3 Å². The van der Waals surface area contributed by atoms with Gasteiger partial charge in [0.05, 0.1) is 17.7 Å². The molecule has 6 rings (SSSR count). The van der Waals surface area contributed by atoms with E-state index in [1.54, 1.807) is 17.0 Å². The Bertz CT molecular complexity index is 1370. The number of amides is 3. The van der Waals surface area contributed by atoms with Crippen LogP contribution >= 0.6 is 11.3 Å². The smallest absolute Gasteiger partial charge is 0.410 e. The molecule has 3 aliphatic rings. The van der Waals surface area contributed by atoms with Gasteiger partial charge in [-0.25, -0.2) is 19.0 Å². The van der Waals surface area contributed by atoms with Crippen LogP contribution in [0, 0.1) is 11.7 Å². The van der Waals surface area contributed by atoms with Crippen molar-refractivity contribution >= 4 is 28.6 Å². The molecule has 11 nitrogen and oxygen atoms in total. The average Bonchev–Trinajstić information content (AvgIpc) is 3.56. The lowest BCUT2D eigenvalue weighted by Crippen LogP contribution is -2.50. The number of hydrogen-bond acceptors (Lipinski definition) is 9. The Morgan fingerprint density at radius 1 is 1.15 bits per heavy atom. The molecule has 3 aromatic rings. The first kappa shape index (κ1) is 26.6. The number of thiazole rings is 1. The van der Waals surface area contributed by atoms with E-state index in [-0.39, 0.29) is 47.8 Å². The summed E-state index contributed by atoms with van der Waals surface area (Å²) in [5.41, 5.74) is 1.56. The Hall–Kier alpha value is -3.58. The number of halogens is 1. The van der Waals surface area contributed by atoms with Gasteiger partial charge < -0.3 is 24.2 Å². The summed E-state index contributed by atoms with van der Waals surface area (Å²) >= 11 is 1.41. The predicted molar refractivity (Wildman–Crippen MR) is 144 cm³/mol. The highest BCUT2D eigenvalue weighted by Crippen LogP contribution is 2.51. The highest BCUT2D eigenvalue weighted by molar-refractivity contribution is 7.16. The second-order valence-corrected chi connectivity index (χ2v) is 11.7. The topological polar surface area (TPSA) is 132 Å². The third-order valence-electron chi connectivity index (χ3n) is 7.53. The van der Waals surface area contributed by atoms with Gasteiger partial charge in [0.15, 0.2) is 5.13 Å². The molecule has 2 aliphatic heterocycles. The van der Waals surface area contributed by atoms with Crippen molar-refractivity contribution in [2.45, 2.75) is 57.1 Å². The molecule has 3 atom stereocenters. The molecule has 212 valence electrons. The summed E-state index contributed by atoms with van der Waals surface area (Å²) in [6.45, 7) is 5.76. The normalized spacial score (nSPS) is 22.6. The van der Waals surface area contributed by atoms with Gasteiger partial charge in [0.2, 0.25) is 11.7 Å². The van der Waals surface area contributed by atoms with Crippen LogP contribution in [0.1, 0.15) is 55.0 Å². The van der Waals surface area contributed by atoms with Gasteiger partial charge >= 0.3 is 12.1 Å². The van der Waals surface area contributed by atoms with Crippen LogP contribution in [0.2, 0.25) is 0 Å². The van der Waals surface area contributed by atoms with Crippen LogP contribution in [-0.4, -0.2) is 70.6 Å². The lowest BCUT2D eigenvalue weighted by atomic mass is 9.70. The van der Waals surface area contributed by atoms with Crippen LogP contribution in [0.15, 0.2) is 28.8 Å². The van der Waals surface area contributed by atoms with E-state index >= 15 is 0 Å². The SMILES string of the molecule is CC(C)OC(=O)N1CC2Cc3nc(NC(=O)NC4CCOCC4)sc3C(C1)C2c1nc(-c2ccc(F)cc2)no1. The number of anilines is 1. The van der Waals surface area contributed by atoms with Crippen LogP contribution in [0.4, 0.5) is 19.1 Å². The van der Waals surface area contributed by atoms with Crippen molar-refractivity contribution in [1.82, 2.24) is 25.3 Å². The van der Waals surface area contributed by atoms with E-state index in [0.717, 1.165) is 23.4 Å². The number of fused-ring (bicyclic) bond motifs is 4. The molecule has 2 bridgehead atoms. The number of ether oxygens (including phenoxy) is 2. The largest absolute Gasteiger partial charge is 0.447 e. The minimum Gasteiger partial charge on any atom is -0.447 e. The molecule has 3 amide bonds. The molecule has 2 N–H and O–H groups in total. The molecule has 13 heteroatoms. The van der Waals surface area contributed by atoms with E-state index in [4.69, 9.17) is 19.0 Å². The Morgan fingerprint density at radius 2 is 1.93 bits per heavy atom. The van der Waals surface area contributed by atoms with Crippen LogP contribution in [0.5, 0.6) is 0 Å². The van der Waals surface area contributed by atoms with Crippen molar-refractivity contribution in [3.63, 3.8) is 0 Å². The van der Waals surface area contributed by atoms with E-state index in [2.05, 4.69) is 20.8 Å². The van der Waals surface area contributed by atoms with Crippen molar-refractivity contribution in [3.8, 4) is 11.4 Å². The van der Waals surface area contributed by atoms with Crippen LogP contribution in [0.3, 0.4) is 0 Å². The average molecular weight is 571 g/mol. The number of rotatable bonds is 5. The molecule has 0 saturated carbocycles. The van der Waals surface area contributed by atoms with E-state index in [1.807, 2.05) is 13.8 Å². The van der Waals surface area contributed by atoms with E-state index in [0.29, 0.717) is 55.1 Å². The van der Waals surface area contributed by atoms with E-state index in [9.17, 15) is 14.0 Å². The van der Waals surface area contributed by atoms with Crippen molar-refractivity contribution < 1.29 is 28.0 Å². The number of likely N-dealkylation sites (tertiary alicyclic amines) is 1. The summed E-state index contributed by atoms with van der Waals surface area (Å²) in [6, 6.07) is 5.71. The van der Waals surface area contributed by atoms with Gasteiger partial charge in [-0.2, -0.15) is 4.98 Å². The first-order valence-corrected chi connectivity index (χ1v) is 14.4. The van der Waals surface area contributed by atoms with Gasteiger partial charge in [0.25, 0.3) is 0 Å². The molecule has 1 aromatic carbocycles. The number of benzene rings is 1. The molecular weight excluding hydrogens is 539 g/mol. The molecule has 4 heterocycles. The predicted octanol–water partition coefficient (Wildman–Crippen LogP) is 4.53. The quantitative estimate of drug-likeness (QED) is 0.457. The van der Waals surface area contributed by atoms with Crippen LogP contribution in [0.25, 0.3) is 11.4 Å². The number of nitrogens with one attached hydrogen (secondary N) is 2. The summed E-state index contributed by atoms with van der Waals surface area (Å²) in [5, 5.41) is 10.6. The standard InChI is InChI=1S/C27H31FN6O5S/c1-14(2)38-27(36)34-12-16-11-20-22(40-26(30-20)32-25(35)29-18-7-9-37-10-8-18)19(13-34)21(16)24-31-23(33-39-24)15-3-5-17(28)6-4-15/h3-6,14,16,18-19,21H,7-13H2,1-2H3,(H2,29,30,32,35). The summed E-state index contributed by atoms with van der Waals surface area (Å²) in [4.78, 5) is 37.7. The van der Waals surface area contributed by atoms with Gasteiger partial charge in [-0.1, -0.05) is 5.16 Å². The van der Waals surface area contributed by atoms with Gasteiger partial charge in [-0.3, -0.25) is 5.32 Å². The Kier molecular flexibility index (Phi) is 7.41. The first-order chi connectivity index (χ1) is 19.3. The number of piperidine rings is 1. The second-order valence-electron chi connectivity index (χ2n) is 10.7. The molecule has 3 unspecified atom stereocenters. The fourth-order valence-electron chi connectivity index (χ4n) is 5.74. The lowest BCUT2D eigenvalue weighted by Gasteiger charge is -2.44. The molecule has 0 spiro atoms. The number of nitrogens with zero attached hydrogens (tertiary/aromatic N) is 4. The monoisotopic (exact) mass is 570 g/mol. The van der Waals surface area contributed by atoms with Crippen molar-refractivity contribution in [1.29, 1.82) is 0 Å². The minimum atomic E-state index is -0.358. The molecular formula is C27H31FN6O5S. The highest BCUT2D eigenvalue weighted by atomic mass is 32.1. The van der Waals surface area contributed by atoms with Gasteiger partial charge in [0, 0.05) is 48.7 Å². The zero-order valence-electron chi connectivity index (χ0n) is 22.3. The third-order valence-corrected chi connectivity index (χ3v) is 8.68. The molecule has 2 saturated heterocycles. The molecule has 40 heavy (non-hydrogen) atoms.